The number of hydrazone groups is 1. The molecule has 0 aliphatic carbocycles. The SMILES string of the molecule is C/C(=N\NC(=O)CN1CCN(C)CC1)c1cnc2nnn(Cc3ccc4ncccc4c3)c2n1. The average Bonchev–Trinajstić information content (AvgIpc) is 3.26. The first kappa shape index (κ1) is 22.0. The number of hydrogen-bond donors (Lipinski definition) is 1. The van der Waals surface area contributed by atoms with Gasteiger partial charge in [-0.15, -0.1) is 5.10 Å². The Bertz CT molecular complexity index is 1360. The predicted octanol–water partition coefficient (Wildman–Crippen LogP) is 0.905. The van der Waals surface area contributed by atoms with Crippen LogP contribution >= 0.6 is 0 Å². The maximum absolute atomic E-state index is 12.3. The standard InChI is InChI=1S/C23H26N10O/c1-16(27-28-21(34)15-32-10-8-31(2)9-11-32)20-13-25-22-23(26-20)33(30-29-22)14-17-5-6-19-18(12-17)4-3-7-24-19/h3-7,12-13H,8-11,14-15H2,1-2H3,(H,28,34)/b27-16+. The molecule has 0 atom stereocenters. The number of benzene rings is 1. The Hall–Kier alpha value is -3.83. The smallest absolute Gasteiger partial charge is 0.254 e. The molecular weight excluding hydrogens is 432 g/mol. The summed E-state index contributed by atoms with van der Waals surface area (Å²) in [5.74, 6) is -0.143. The van der Waals surface area contributed by atoms with Crippen molar-refractivity contribution < 1.29 is 4.79 Å². The molecule has 0 radical (unpaired) electrons. The van der Waals surface area contributed by atoms with E-state index in [2.05, 4.69) is 58.7 Å². The molecule has 174 valence electrons. The zero-order chi connectivity index (χ0) is 23.5. The molecule has 1 saturated heterocycles. The number of nitrogens with one attached hydrogen (secondary N) is 1. The van der Waals surface area contributed by atoms with E-state index in [1.807, 2.05) is 24.3 Å². The molecule has 5 rings (SSSR count). The van der Waals surface area contributed by atoms with Crippen molar-refractivity contribution in [3.8, 4) is 0 Å². The van der Waals surface area contributed by atoms with E-state index in [9.17, 15) is 4.79 Å². The highest BCUT2D eigenvalue weighted by Crippen LogP contribution is 2.15. The number of carbonyl (C=O) groups is 1. The number of nitrogens with zero attached hydrogens (tertiary/aromatic N) is 9. The molecule has 1 aromatic carbocycles. The molecule has 0 spiro atoms. The largest absolute Gasteiger partial charge is 0.304 e. The second-order valence-electron chi connectivity index (χ2n) is 8.49. The number of rotatable bonds is 6. The molecular formula is C23H26N10O. The van der Waals surface area contributed by atoms with Gasteiger partial charge < -0.3 is 4.90 Å². The summed E-state index contributed by atoms with van der Waals surface area (Å²) < 4.78 is 1.71. The molecule has 1 aliphatic heterocycles. The van der Waals surface area contributed by atoms with Gasteiger partial charge in [-0.3, -0.25) is 14.7 Å². The summed E-state index contributed by atoms with van der Waals surface area (Å²) in [6, 6.07) is 10.0. The lowest BCUT2D eigenvalue weighted by Gasteiger charge is -2.31. The van der Waals surface area contributed by atoms with E-state index in [0.717, 1.165) is 42.6 Å². The molecule has 34 heavy (non-hydrogen) atoms. The summed E-state index contributed by atoms with van der Waals surface area (Å²) in [5.41, 5.74) is 6.76. The molecule has 1 N–H and O–H groups in total. The Balaban J connectivity index is 1.29. The zero-order valence-corrected chi connectivity index (χ0v) is 19.2. The number of hydrogen-bond acceptors (Lipinski definition) is 9. The normalized spacial score (nSPS) is 15.8. The van der Waals surface area contributed by atoms with Gasteiger partial charge in [0.05, 0.1) is 30.5 Å². The average molecular weight is 459 g/mol. The minimum Gasteiger partial charge on any atom is -0.304 e. The topological polar surface area (TPSA) is 117 Å². The van der Waals surface area contributed by atoms with Crippen molar-refractivity contribution >= 4 is 33.8 Å². The predicted molar refractivity (Wildman–Crippen MR) is 128 cm³/mol. The van der Waals surface area contributed by atoms with Crippen LogP contribution in [0, 0.1) is 0 Å². The summed E-state index contributed by atoms with van der Waals surface area (Å²) in [6.45, 7) is 6.28. The van der Waals surface area contributed by atoms with Crippen LogP contribution < -0.4 is 5.43 Å². The van der Waals surface area contributed by atoms with Crippen molar-refractivity contribution in [1.82, 2.24) is 45.2 Å². The fourth-order valence-electron chi connectivity index (χ4n) is 3.88. The molecule has 1 aliphatic rings. The molecule has 11 nitrogen and oxygen atoms in total. The minimum atomic E-state index is -0.143. The molecule has 4 heterocycles. The number of aromatic nitrogens is 6. The van der Waals surface area contributed by atoms with Crippen LogP contribution in [0.5, 0.6) is 0 Å². The van der Waals surface area contributed by atoms with Crippen molar-refractivity contribution in [2.45, 2.75) is 13.5 Å². The van der Waals surface area contributed by atoms with E-state index in [-0.39, 0.29) is 5.91 Å². The highest BCUT2D eigenvalue weighted by atomic mass is 16.2. The van der Waals surface area contributed by atoms with Gasteiger partial charge in [-0.05, 0) is 37.7 Å². The molecule has 11 heteroatoms. The summed E-state index contributed by atoms with van der Waals surface area (Å²) in [4.78, 5) is 30.1. The lowest BCUT2D eigenvalue weighted by atomic mass is 10.1. The molecule has 4 aromatic rings. The summed E-state index contributed by atoms with van der Waals surface area (Å²) >= 11 is 0. The number of piperazine rings is 1. The van der Waals surface area contributed by atoms with Crippen LogP contribution in [0.1, 0.15) is 18.2 Å². The van der Waals surface area contributed by atoms with Gasteiger partial charge in [0, 0.05) is 37.8 Å². The number of pyridine rings is 1. The third-order valence-corrected chi connectivity index (χ3v) is 5.91. The van der Waals surface area contributed by atoms with Gasteiger partial charge >= 0.3 is 0 Å². The van der Waals surface area contributed by atoms with E-state index < -0.39 is 0 Å². The van der Waals surface area contributed by atoms with Crippen LogP contribution in [0.4, 0.5) is 0 Å². The molecule has 3 aromatic heterocycles. The summed E-state index contributed by atoms with van der Waals surface area (Å²) in [7, 11) is 2.09. The number of likely N-dealkylation sites (N-methyl/N-ethyl adjacent to an activating group) is 1. The lowest BCUT2D eigenvalue weighted by Crippen LogP contribution is -2.47. The maximum Gasteiger partial charge on any atom is 0.254 e. The number of amides is 1. The van der Waals surface area contributed by atoms with Gasteiger partial charge in [0.1, 0.15) is 5.69 Å². The van der Waals surface area contributed by atoms with E-state index in [1.165, 1.54) is 0 Å². The van der Waals surface area contributed by atoms with Gasteiger partial charge in [0.2, 0.25) is 5.65 Å². The van der Waals surface area contributed by atoms with E-state index >= 15 is 0 Å². The number of carbonyl (C=O) groups excluding carboxylic acids is 1. The quantitative estimate of drug-likeness (QED) is 0.335. The fraction of sp³-hybridized carbons (Fsp3) is 0.348. The van der Waals surface area contributed by atoms with E-state index in [0.29, 0.717) is 35.8 Å². The van der Waals surface area contributed by atoms with E-state index in [4.69, 9.17) is 0 Å². The molecule has 1 fully saturated rings. The third kappa shape index (κ3) is 4.90. The van der Waals surface area contributed by atoms with Gasteiger partial charge in [-0.2, -0.15) is 5.10 Å². The first-order valence-electron chi connectivity index (χ1n) is 11.2. The van der Waals surface area contributed by atoms with Crippen LogP contribution in [0.3, 0.4) is 0 Å². The van der Waals surface area contributed by atoms with Crippen molar-refractivity contribution in [2.24, 2.45) is 5.10 Å². The van der Waals surface area contributed by atoms with Crippen molar-refractivity contribution in [1.29, 1.82) is 0 Å². The van der Waals surface area contributed by atoms with Crippen molar-refractivity contribution in [2.75, 3.05) is 39.8 Å². The zero-order valence-electron chi connectivity index (χ0n) is 19.2. The summed E-state index contributed by atoms with van der Waals surface area (Å²) in [6.07, 6.45) is 3.37. The van der Waals surface area contributed by atoms with Crippen LogP contribution in [0.2, 0.25) is 0 Å². The highest BCUT2D eigenvalue weighted by molar-refractivity contribution is 5.98. The Labute approximate surface area is 196 Å². The first-order chi connectivity index (χ1) is 16.5. The third-order valence-electron chi connectivity index (χ3n) is 5.91. The number of fused-ring (bicyclic) bond motifs is 2. The summed E-state index contributed by atoms with van der Waals surface area (Å²) in [5, 5.41) is 13.6. The fourth-order valence-corrected chi connectivity index (χ4v) is 3.88. The van der Waals surface area contributed by atoms with Crippen LogP contribution in [-0.4, -0.2) is 91.1 Å². The highest BCUT2D eigenvalue weighted by Gasteiger charge is 2.16. The van der Waals surface area contributed by atoms with Crippen molar-refractivity contribution in [3.05, 3.63) is 54.0 Å². The monoisotopic (exact) mass is 458 g/mol. The van der Waals surface area contributed by atoms with Crippen LogP contribution in [-0.2, 0) is 11.3 Å². The van der Waals surface area contributed by atoms with Gasteiger partial charge in [-0.1, -0.05) is 17.3 Å². The second-order valence-corrected chi connectivity index (χ2v) is 8.49. The Morgan fingerprint density at radius 1 is 1.15 bits per heavy atom. The molecule has 0 bridgehead atoms. The van der Waals surface area contributed by atoms with Crippen LogP contribution in [0.25, 0.3) is 22.2 Å². The Morgan fingerprint density at radius 2 is 2.00 bits per heavy atom. The van der Waals surface area contributed by atoms with E-state index in [1.54, 1.807) is 24.0 Å². The van der Waals surface area contributed by atoms with Gasteiger partial charge in [-0.25, -0.2) is 20.1 Å². The maximum atomic E-state index is 12.3. The second kappa shape index (κ2) is 9.57. The lowest BCUT2D eigenvalue weighted by molar-refractivity contribution is -0.122. The molecule has 0 saturated carbocycles. The van der Waals surface area contributed by atoms with Crippen LogP contribution in [0.15, 0.2) is 47.8 Å². The van der Waals surface area contributed by atoms with Gasteiger partial charge in [0.15, 0.2) is 5.65 Å². The minimum absolute atomic E-state index is 0.143. The first-order valence-corrected chi connectivity index (χ1v) is 11.2. The van der Waals surface area contributed by atoms with Gasteiger partial charge in [0.25, 0.3) is 5.91 Å². The molecule has 0 unspecified atom stereocenters. The molecule has 1 amide bonds. The Morgan fingerprint density at radius 3 is 2.85 bits per heavy atom. The Kier molecular flexibility index (Phi) is 6.19. The van der Waals surface area contributed by atoms with Crippen molar-refractivity contribution in [3.63, 3.8) is 0 Å².